The van der Waals surface area contributed by atoms with E-state index in [1.165, 1.54) is 41.7 Å². The van der Waals surface area contributed by atoms with Crippen molar-refractivity contribution in [1.82, 2.24) is 4.98 Å². The predicted octanol–water partition coefficient (Wildman–Crippen LogP) is 14.7. The van der Waals surface area contributed by atoms with Crippen molar-refractivity contribution in [1.29, 1.82) is 0 Å². The third kappa shape index (κ3) is 4.39. The van der Waals surface area contributed by atoms with E-state index < -0.39 is 0 Å². The summed E-state index contributed by atoms with van der Waals surface area (Å²) in [6.45, 7) is 0. The van der Waals surface area contributed by atoms with Gasteiger partial charge < -0.3 is 13.7 Å². The zero-order valence-electron chi connectivity index (χ0n) is 28.8. The van der Waals surface area contributed by atoms with Gasteiger partial charge in [0.1, 0.15) is 16.7 Å². The molecule has 0 atom stereocenters. The standard InChI is InChI=1S/C49H28N2O2S/c1-2-11-32-26-33(19-16-29(32)8-1)51(34-21-25-44-40(27-34)47-36-12-5-3-9-30(36)18-24-45(47)54-44)35-20-22-38-43(28-35)52-41-15-7-14-39(46(38)41)49-50-48-37-13-6-4-10-31(37)17-23-42(48)53-49/h1-28H. The molecule has 12 aromatic rings. The summed E-state index contributed by atoms with van der Waals surface area (Å²) < 4.78 is 15.7. The highest BCUT2D eigenvalue weighted by molar-refractivity contribution is 7.26. The first kappa shape index (κ1) is 29.6. The van der Waals surface area contributed by atoms with Gasteiger partial charge in [-0.15, -0.1) is 11.3 Å². The molecule has 0 bridgehead atoms. The van der Waals surface area contributed by atoms with Crippen LogP contribution >= 0.6 is 11.3 Å². The van der Waals surface area contributed by atoms with Crippen molar-refractivity contribution in [3.05, 3.63) is 170 Å². The Bertz CT molecular complexity index is 3480. The second kappa shape index (κ2) is 11.3. The summed E-state index contributed by atoms with van der Waals surface area (Å²) in [5.74, 6) is 0.584. The van der Waals surface area contributed by atoms with E-state index in [-0.39, 0.29) is 0 Å². The van der Waals surface area contributed by atoms with Crippen LogP contribution in [-0.2, 0) is 0 Å². The predicted molar refractivity (Wildman–Crippen MR) is 227 cm³/mol. The molecule has 0 N–H and O–H groups in total. The number of thiophene rings is 1. The molecule has 0 amide bonds. The number of anilines is 3. The van der Waals surface area contributed by atoms with Crippen LogP contribution in [0.15, 0.2) is 179 Å². The first-order chi connectivity index (χ1) is 26.7. The summed E-state index contributed by atoms with van der Waals surface area (Å²) in [6, 6.07) is 60.3. The molecule has 9 aromatic carbocycles. The van der Waals surface area contributed by atoms with Gasteiger partial charge in [-0.25, -0.2) is 4.98 Å². The lowest BCUT2D eigenvalue weighted by molar-refractivity contribution is 0.620. The van der Waals surface area contributed by atoms with E-state index in [0.717, 1.165) is 66.4 Å². The molecule has 5 heteroatoms. The molecule has 54 heavy (non-hydrogen) atoms. The summed E-state index contributed by atoms with van der Waals surface area (Å²) in [7, 11) is 0. The highest BCUT2D eigenvalue weighted by atomic mass is 32.1. The topological polar surface area (TPSA) is 42.4 Å². The molecule has 3 heterocycles. The van der Waals surface area contributed by atoms with Gasteiger partial charge in [0.2, 0.25) is 5.89 Å². The second-order valence-electron chi connectivity index (χ2n) is 13.9. The minimum Gasteiger partial charge on any atom is -0.456 e. The molecule has 0 aliphatic heterocycles. The Balaban J connectivity index is 1.06. The highest BCUT2D eigenvalue weighted by Gasteiger charge is 2.21. The van der Waals surface area contributed by atoms with Crippen molar-refractivity contribution in [2.75, 3.05) is 4.90 Å². The normalized spacial score (nSPS) is 12.1. The molecule has 4 nitrogen and oxygen atoms in total. The Morgan fingerprint density at radius 3 is 2.00 bits per heavy atom. The van der Waals surface area contributed by atoms with Gasteiger partial charge in [-0.2, -0.15) is 0 Å². The molecule has 3 aromatic heterocycles. The fraction of sp³-hybridized carbons (Fsp3) is 0. The van der Waals surface area contributed by atoms with E-state index in [2.05, 4.69) is 144 Å². The lowest BCUT2D eigenvalue weighted by Crippen LogP contribution is -2.09. The van der Waals surface area contributed by atoms with Crippen molar-refractivity contribution in [2.45, 2.75) is 0 Å². The van der Waals surface area contributed by atoms with Crippen LogP contribution in [-0.4, -0.2) is 4.98 Å². The van der Waals surface area contributed by atoms with Crippen LogP contribution in [0, 0.1) is 0 Å². The SMILES string of the molecule is c1ccc2cc(N(c3ccc4c(c3)oc3cccc(-c5nc6c(ccc7ccccc76)o5)c34)c3ccc4sc5ccc6ccccc6c5c4c3)ccc2c1. The average molecular weight is 709 g/mol. The van der Waals surface area contributed by atoms with Crippen molar-refractivity contribution < 1.29 is 8.83 Å². The molecule has 12 rings (SSSR count). The van der Waals surface area contributed by atoms with E-state index in [4.69, 9.17) is 13.8 Å². The smallest absolute Gasteiger partial charge is 0.228 e. The molecular formula is C49H28N2O2S. The quantitative estimate of drug-likeness (QED) is 0.183. The minimum atomic E-state index is 0.584. The summed E-state index contributed by atoms with van der Waals surface area (Å²) in [4.78, 5) is 7.39. The fourth-order valence-corrected chi connectivity index (χ4v) is 9.45. The van der Waals surface area contributed by atoms with Gasteiger partial charge in [0.15, 0.2) is 5.58 Å². The summed E-state index contributed by atoms with van der Waals surface area (Å²) in [5.41, 5.74) is 7.31. The molecule has 252 valence electrons. The van der Waals surface area contributed by atoms with Crippen LogP contribution in [0.5, 0.6) is 0 Å². The van der Waals surface area contributed by atoms with Crippen LogP contribution in [0.4, 0.5) is 17.1 Å². The summed E-state index contributed by atoms with van der Waals surface area (Å²) >= 11 is 1.85. The second-order valence-corrected chi connectivity index (χ2v) is 15.0. The van der Waals surface area contributed by atoms with Crippen LogP contribution in [0.25, 0.3) is 97.0 Å². The number of oxazole rings is 1. The molecule has 0 spiro atoms. The Morgan fingerprint density at radius 2 is 1.09 bits per heavy atom. The van der Waals surface area contributed by atoms with E-state index in [1.807, 2.05) is 41.7 Å². The maximum Gasteiger partial charge on any atom is 0.228 e. The molecule has 0 aliphatic rings. The number of fused-ring (bicyclic) bond motifs is 12. The first-order valence-corrected chi connectivity index (χ1v) is 18.9. The monoisotopic (exact) mass is 708 g/mol. The van der Waals surface area contributed by atoms with Crippen LogP contribution in [0.3, 0.4) is 0 Å². The molecule has 0 aliphatic carbocycles. The molecule has 0 radical (unpaired) electrons. The van der Waals surface area contributed by atoms with Gasteiger partial charge in [-0.3, -0.25) is 0 Å². The number of nitrogens with zero attached hydrogens (tertiary/aromatic N) is 2. The van der Waals surface area contributed by atoms with Gasteiger partial charge in [-0.1, -0.05) is 97.1 Å². The van der Waals surface area contributed by atoms with Crippen LogP contribution in [0.2, 0.25) is 0 Å². The Morgan fingerprint density at radius 1 is 0.407 bits per heavy atom. The summed E-state index contributed by atoms with van der Waals surface area (Å²) in [5, 5.41) is 11.7. The van der Waals surface area contributed by atoms with E-state index in [1.54, 1.807) is 0 Å². The van der Waals surface area contributed by atoms with Gasteiger partial charge in [-0.05, 0) is 93.7 Å². The van der Waals surface area contributed by atoms with Crippen molar-refractivity contribution in [3.63, 3.8) is 0 Å². The Labute approximate surface area is 312 Å². The van der Waals surface area contributed by atoms with Crippen molar-refractivity contribution >= 4 is 114 Å². The van der Waals surface area contributed by atoms with Gasteiger partial charge >= 0.3 is 0 Å². The number of hydrogen-bond donors (Lipinski definition) is 0. The van der Waals surface area contributed by atoms with E-state index in [9.17, 15) is 0 Å². The Kier molecular flexibility index (Phi) is 6.18. The molecule has 0 unspecified atom stereocenters. The third-order valence-electron chi connectivity index (χ3n) is 10.8. The number of aromatic nitrogens is 1. The van der Waals surface area contributed by atoms with Gasteiger partial charge in [0.25, 0.3) is 0 Å². The van der Waals surface area contributed by atoms with Gasteiger partial charge in [0.05, 0.1) is 0 Å². The lowest BCUT2D eigenvalue weighted by Gasteiger charge is -2.26. The summed E-state index contributed by atoms with van der Waals surface area (Å²) in [6.07, 6.45) is 0. The first-order valence-electron chi connectivity index (χ1n) is 18.1. The minimum absolute atomic E-state index is 0.584. The largest absolute Gasteiger partial charge is 0.456 e. The zero-order chi connectivity index (χ0) is 35.3. The molecule has 0 saturated heterocycles. The van der Waals surface area contributed by atoms with Crippen LogP contribution in [0.1, 0.15) is 0 Å². The van der Waals surface area contributed by atoms with Crippen molar-refractivity contribution in [3.8, 4) is 11.5 Å². The number of rotatable bonds is 4. The average Bonchev–Trinajstić information content (AvgIpc) is 3.94. The van der Waals surface area contributed by atoms with E-state index in [0.29, 0.717) is 5.89 Å². The third-order valence-corrected chi connectivity index (χ3v) is 12.0. The number of hydrogen-bond acceptors (Lipinski definition) is 5. The van der Waals surface area contributed by atoms with Crippen LogP contribution < -0.4 is 4.90 Å². The maximum absolute atomic E-state index is 6.66. The molecular weight excluding hydrogens is 681 g/mol. The lowest BCUT2D eigenvalue weighted by atomic mass is 10.0. The van der Waals surface area contributed by atoms with Gasteiger partial charge in [0, 0.05) is 65.0 Å². The highest BCUT2D eigenvalue weighted by Crippen LogP contribution is 2.45. The fourth-order valence-electron chi connectivity index (χ4n) is 8.35. The Hall–Kier alpha value is -6.95. The van der Waals surface area contributed by atoms with Crippen molar-refractivity contribution in [2.24, 2.45) is 0 Å². The number of benzene rings is 9. The maximum atomic E-state index is 6.66. The molecule has 0 saturated carbocycles. The zero-order valence-corrected chi connectivity index (χ0v) is 29.6. The molecule has 0 fully saturated rings. The number of furan rings is 1. The van der Waals surface area contributed by atoms with E-state index >= 15 is 0 Å².